The van der Waals surface area contributed by atoms with Gasteiger partial charge in [-0.1, -0.05) is 50.2 Å². The van der Waals surface area contributed by atoms with Crippen molar-refractivity contribution in [3.05, 3.63) is 172 Å². The van der Waals surface area contributed by atoms with Gasteiger partial charge in [0.1, 0.15) is 34.6 Å². The van der Waals surface area contributed by atoms with Crippen molar-refractivity contribution < 1.29 is 28.5 Å². The van der Waals surface area contributed by atoms with Crippen LogP contribution in [0.5, 0.6) is 23.0 Å². The number of ether oxygens (including phenoxy) is 4. The molecule has 20 nitrogen and oxygen atoms in total. The number of benzene rings is 6. The van der Waals surface area contributed by atoms with Crippen LogP contribution >= 0.6 is 0 Å². The fourth-order valence-corrected chi connectivity index (χ4v) is 12.1. The van der Waals surface area contributed by atoms with Crippen LogP contribution in [0.15, 0.2) is 128 Å². The maximum absolute atomic E-state index is 14.6. The monoisotopic (exact) mass is 1240 g/mol. The molecule has 2 saturated heterocycles. The number of amides is 4. The number of anilines is 11. The van der Waals surface area contributed by atoms with Crippen LogP contribution in [0.4, 0.5) is 72.7 Å². The number of hydrogen-bond acceptors (Lipinski definition) is 16. The van der Waals surface area contributed by atoms with Crippen LogP contribution in [-0.4, -0.2) is 137 Å². The molecule has 20 heteroatoms. The van der Waals surface area contributed by atoms with Gasteiger partial charge in [-0.25, -0.2) is 34.3 Å². The minimum Gasteiger partial charge on any atom is -0.497 e. The number of nitrogen functional groups attached to an aromatic ring is 1. The molecule has 92 heavy (non-hydrogen) atoms. The number of piperidine rings is 1. The molecule has 4 amide bonds. The van der Waals surface area contributed by atoms with Gasteiger partial charge in [0.15, 0.2) is 5.82 Å². The Hall–Kier alpha value is -9.66. The van der Waals surface area contributed by atoms with Crippen molar-refractivity contribution in [2.75, 3.05) is 135 Å². The van der Waals surface area contributed by atoms with Gasteiger partial charge >= 0.3 is 12.1 Å². The molecule has 0 unspecified atom stereocenters. The van der Waals surface area contributed by atoms with E-state index >= 15 is 0 Å². The molecule has 0 spiro atoms. The molecular formula is C72H88N14O6. The third-order valence-corrected chi connectivity index (χ3v) is 17.5. The fraction of sp³-hybridized carbons (Fsp3) is 0.361. The number of para-hydroxylation sites is 2. The summed E-state index contributed by atoms with van der Waals surface area (Å²) in [6.45, 7) is 21.7. The third-order valence-electron chi connectivity index (χ3n) is 17.5. The lowest BCUT2D eigenvalue weighted by molar-refractivity contribution is 0.251. The second kappa shape index (κ2) is 29.5. The molecule has 0 aliphatic carbocycles. The lowest BCUT2D eigenvalue weighted by atomic mass is 10.0. The molecule has 0 radical (unpaired) electrons. The average Bonchev–Trinajstić information content (AvgIpc) is 0.758. The Kier molecular flexibility index (Phi) is 21.0. The molecule has 4 aliphatic heterocycles. The van der Waals surface area contributed by atoms with E-state index in [9.17, 15) is 9.59 Å². The molecule has 482 valence electrons. The van der Waals surface area contributed by atoms with Crippen LogP contribution in [0.2, 0.25) is 0 Å². The Morgan fingerprint density at radius 2 is 1.03 bits per heavy atom. The molecule has 4 aliphatic rings. The zero-order chi connectivity index (χ0) is 65.2. The van der Waals surface area contributed by atoms with E-state index in [0.29, 0.717) is 83.0 Å². The highest BCUT2D eigenvalue weighted by Crippen LogP contribution is 2.45. The standard InChI is InChI=1S/C39H47N7O3.C28H28N6O3.C5H13N/c1-27-10-9-11-28(2)37(27)45-26-30-25-40-36(41-38(30)46(39(45)47)34-13-12-33(48-4)24-35(34)49-5)22-29-20-31(43-14-7-6-8-15-43)23-32(21-29)44-18-16-42(3)17-19-44;1-17-6-5-7-18(2)25(17)33-16-19-15-30-27(31-21-10-8-20(29)9-11-21)32-26(19)34(28(33)35)23-13-12-22(36-3)14-24(23)37-4;1-4-6(3)5-2/h9-13,20-21,23-25H,6-8,14-19,22,26H2,1-5H3;5-15H,16,29H2,1-4H3,(H,30,31,32);4-5H2,1-3H3. The second-order valence-electron chi connectivity index (χ2n) is 23.8. The zero-order valence-electron chi connectivity index (χ0n) is 55.4. The number of carbonyl (C=O) groups is 2. The quantitative estimate of drug-likeness (QED) is 0.0869. The van der Waals surface area contributed by atoms with Crippen LogP contribution in [-0.2, 0) is 19.5 Å². The summed E-state index contributed by atoms with van der Waals surface area (Å²) in [6, 6.07) is 36.7. The highest BCUT2D eigenvalue weighted by atomic mass is 16.5. The topological polar surface area (TPSA) is 187 Å². The molecule has 8 aromatic rings. The van der Waals surface area contributed by atoms with Crippen LogP contribution in [0, 0.1) is 27.7 Å². The summed E-state index contributed by atoms with van der Waals surface area (Å²) in [6.07, 6.45) is 7.93. The maximum atomic E-state index is 14.6. The van der Waals surface area contributed by atoms with Crippen molar-refractivity contribution in [3.8, 4) is 23.0 Å². The SMILES string of the molecule is CCN(C)CC.COc1ccc(N2C(=O)N(c3c(C)cccc3C)Cc3cnc(Cc4cc(N5CCCCC5)cc(N5CCN(C)CC5)c4)nc32)c(OC)c1.COc1ccc(N2C(=O)N(c3c(C)cccc3C)Cc3cnc(Nc4ccc(N)cc4)nc32)c(OC)c1. The van der Waals surface area contributed by atoms with E-state index in [-0.39, 0.29) is 12.1 Å². The summed E-state index contributed by atoms with van der Waals surface area (Å²) in [5.41, 5.74) is 19.6. The van der Waals surface area contributed by atoms with Gasteiger partial charge in [-0.2, -0.15) is 4.98 Å². The zero-order valence-corrected chi connectivity index (χ0v) is 55.4. The predicted octanol–water partition coefficient (Wildman–Crippen LogP) is 13.4. The van der Waals surface area contributed by atoms with Gasteiger partial charge in [0, 0.05) is 104 Å². The summed E-state index contributed by atoms with van der Waals surface area (Å²) >= 11 is 0. The van der Waals surface area contributed by atoms with Crippen molar-refractivity contribution in [1.82, 2.24) is 29.7 Å². The molecule has 3 N–H and O–H groups in total. The molecule has 12 rings (SSSR count). The Bertz CT molecular complexity index is 3850. The predicted molar refractivity (Wildman–Crippen MR) is 370 cm³/mol. The van der Waals surface area contributed by atoms with Crippen molar-refractivity contribution in [3.63, 3.8) is 0 Å². The number of urea groups is 2. The summed E-state index contributed by atoms with van der Waals surface area (Å²) in [4.78, 5) is 64.7. The number of nitrogens with two attached hydrogens (primary N) is 1. The number of nitrogens with one attached hydrogen (secondary N) is 1. The Morgan fingerprint density at radius 3 is 1.50 bits per heavy atom. The van der Waals surface area contributed by atoms with Gasteiger partial charge in [-0.05, 0) is 169 Å². The number of fused-ring (bicyclic) bond motifs is 2. The van der Waals surface area contributed by atoms with E-state index in [1.54, 1.807) is 85.7 Å². The van der Waals surface area contributed by atoms with Crippen molar-refractivity contribution in [2.24, 2.45) is 0 Å². The number of methoxy groups -OCH3 is 4. The molecular weight excluding hydrogens is 1160 g/mol. The summed E-state index contributed by atoms with van der Waals surface area (Å²) in [7, 11) is 10.7. The molecule has 2 aromatic heterocycles. The van der Waals surface area contributed by atoms with Crippen LogP contribution in [0.1, 0.15) is 77.9 Å². The first-order valence-electron chi connectivity index (χ1n) is 31.7. The van der Waals surface area contributed by atoms with Crippen LogP contribution in [0.25, 0.3) is 0 Å². The summed E-state index contributed by atoms with van der Waals surface area (Å²) in [5, 5.41) is 3.20. The van der Waals surface area contributed by atoms with E-state index in [1.807, 2.05) is 99.5 Å². The number of hydrogen-bond donors (Lipinski definition) is 2. The Morgan fingerprint density at radius 1 is 0.554 bits per heavy atom. The lowest BCUT2D eigenvalue weighted by Crippen LogP contribution is -2.46. The first-order valence-corrected chi connectivity index (χ1v) is 31.7. The van der Waals surface area contributed by atoms with Crippen LogP contribution in [0.3, 0.4) is 0 Å². The molecule has 0 saturated carbocycles. The summed E-state index contributed by atoms with van der Waals surface area (Å²) < 4.78 is 22.3. The van der Waals surface area contributed by atoms with E-state index in [1.165, 1.54) is 36.2 Å². The van der Waals surface area contributed by atoms with E-state index in [2.05, 4.69) is 76.0 Å². The number of rotatable bonds is 16. The molecule has 6 aromatic carbocycles. The number of aromatic nitrogens is 4. The van der Waals surface area contributed by atoms with Crippen molar-refractivity contribution in [1.29, 1.82) is 0 Å². The smallest absolute Gasteiger partial charge is 0.335 e. The highest BCUT2D eigenvalue weighted by molar-refractivity contribution is 6.13. The molecule has 0 bridgehead atoms. The third kappa shape index (κ3) is 14.6. The number of nitrogens with zero attached hydrogens (tertiary/aromatic N) is 12. The molecule has 6 heterocycles. The van der Waals surface area contributed by atoms with Crippen LogP contribution < -0.4 is 59.4 Å². The van der Waals surface area contributed by atoms with E-state index in [4.69, 9.17) is 39.6 Å². The maximum Gasteiger partial charge on any atom is 0.335 e. The first-order chi connectivity index (χ1) is 44.5. The van der Waals surface area contributed by atoms with E-state index in [0.717, 1.165) is 103 Å². The minimum absolute atomic E-state index is 0.192. The number of piperazine rings is 1. The number of likely N-dealkylation sites (N-methyl/N-ethyl adjacent to an activating group) is 1. The normalized spacial score (nSPS) is 14.8. The average molecular weight is 1250 g/mol. The number of carbonyl (C=O) groups excluding carboxylic acids is 2. The Labute approximate surface area is 542 Å². The number of aryl methyl sites for hydroxylation is 4. The lowest BCUT2D eigenvalue weighted by Gasteiger charge is -2.38. The van der Waals surface area contributed by atoms with Gasteiger partial charge in [-0.3, -0.25) is 9.80 Å². The summed E-state index contributed by atoms with van der Waals surface area (Å²) in [5.74, 6) is 4.34. The second-order valence-corrected chi connectivity index (χ2v) is 23.8. The Balaban J connectivity index is 0.000000191. The highest BCUT2D eigenvalue weighted by Gasteiger charge is 2.39. The fourth-order valence-electron chi connectivity index (χ4n) is 12.1. The van der Waals surface area contributed by atoms with Gasteiger partial charge in [0.25, 0.3) is 0 Å². The molecule has 0 atom stereocenters. The first kappa shape index (κ1) is 65.3. The van der Waals surface area contributed by atoms with Gasteiger partial charge in [0.2, 0.25) is 5.95 Å². The minimum atomic E-state index is -0.245. The van der Waals surface area contributed by atoms with Crippen molar-refractivity contribution >= 4 is 75.1 Å². The largest absolute Gasteiger partial charge is 0.497 e. The van der Waals surface area contributed by atoms with Gasteiger partial charge < -0.3 is 49.6 Å². The van der Waals surface area contributed by atoms with Gasteiger partial charge in [-0.15, -0.1) is 0 Å². The van der Waals surface area contributed by atoms with E-state index < -0.39 is 0 Å². The molecule has 2 fully saturated rings. The van der Waals surface area contributed by atoms with Crippen molar-refractivity contribution in [2.45, 2.75) is 80.3 Å². The van der Waals surface area contributed by atoms with Gasteiger partial charge in [0.05, 0.1) is 64.3 Å².